The average molecular weight is 395 g/mol. The number of urea groups is 1. The molecule has 2 N–H and O–H groups in total. The number of amides is 2. The summed E-state index contributed by atoms with van der Waals surface area (Å²) >= 11 is 6.13. The SMILES string of the molecule is CN(CC1(CO)CCOCC1)C(=O)NCc1nc(-c2ccccc2Cl)no1. The number of nitrogens with one attached hydrogen (secondary N) is 1. The smallest absolute Gasteiger partial charge is 0.317 e. The summed E-state index contributed by atoms with van der Waals surface area (Å²) in [6.07, 6.45) is 1.46. The van der Waals surface area contributed by atoms with Crippen molar-refractivity contribution in [1.82, 2.24) is 20.4 Å². The van der Waals surface area contributed by atoms with Crippen LogP contribution in [0.4, 0.5) is 4.79 Å². The Morgan fingerprint density at radius 2 is 2.11 bits per heavy atom. The van der Waals surface area contributed by atoms with E-state index < -0.39 is 0 Å². The number of carbonyl (C=O) groups is 1. The second-order valence-electron chi connectivity index (χ2n) is 6.78. The first kappa shape index (κ1) is 19.6. The number of hydrogen-bond donors (Lipinski definition) is 2. The Morgan fingerprint density at radius 1 is 1.37 bits per heavy atom. The molecule has 9 heteroatoms. The van der Waals surface area contributed by atoms with Gasteiger partial charge in [0.25, 0.3) is 0 Å². The van der Waals surface area contributed by atoms with Gasteiger partial charge in [-0.2, -0.15) is 4.98 Å². The molecule has 0 aliphatic carbocycles. The molecule has 146 valence electrons. The number of rotatable bonds is 6. The summed E-state index contributed by atoms with van der Waals surface area (Å²) in [5.41, 5.74) is 0.355. The molecule has 2 heterocycles. The number of aliphatic hydroxyl groups excluding tert-OH is 1. The van der Waals surface area contributed by atoms with Gasteiger partial charge in [0, 0.05) is 37.8 Å². The highest BCUT2D eigenvalue weighted by Crippen LogP contribution is 2.30. The molecule has 0 unspecified atom stereocenters. The van der Waals surface area contributed by atoms with Gasteiger partial charge >= 0.3 is 6.03 Å². The Hall–Kier alpha value is -2.16. The number of aliphatic hydroxyl groups is 1. The van der Waals surface area contributed by atoms with Crippen molar-refractivity contribution in [3.05, 3.63) is 35.2 Å². The van der Waals surface area contributed by atoms with E-state index >= 15 is 0 Å². The van der Waals surface area contributed by atoms with Crippen LogP contribution < -0.4 is 5.32 Å². The van der Waals surface area contributed by atoms with Crippen LogP contribution in [0.15, 0.2) is 28.8 Å². The first-order valence-electron chi connectivity index (χ1n) is 8.78. The fourth-order valence-corrected chi connectivity index (χ4v) is 3.33. The van der Waals surface area contributed by atoms with Gasteiger partial charge in [-0.15, -0.1) is 0 Å². The highest BCUT2D eigenvalue weighted by atomic mass is 35.5. The topological polar surface area (TPSA) is 101 Å². The van der Waals surface area contributed by atoms with E-state index in [1.807, 2.05) is 12.1 Å². The van der Waals surface area contributed by atoms with E-state index in [9.17, 15) is 9.90 Å². The Morgan fingerprint density at radius 3 is 2.81 bits per heavy atom. The van der Waals surface area contributed by atoms with Crippen LogP contribution in [0.25, 0.3) is 11.4 Å². The second-order valence-corrected chi connectivity index (χ2v) is 7.18. The van der Waals surface area contributed by atoms with Gasteiger partial charge < -0.3 is 24.6 Å². The lowest BCUT2D eigenvalue weighted by molar-refractivity contribution is -0.0261. The molecule has 1 aromatic carbocycles. The van der Waals surface area contributed by atoms with E-state index in [1.165, 1.54) is 0 Å². The zero-order valence-corrected chi connectivity index (χ0v) is 15.9. The van der Waals surface area contributed by atoms with Crippen molar-refractivity contribution < 1.29 is 19.2 Å². The van der Waals surface area contributed by atoms with Crippen LogP contribution in [0.1, 0.15) is 18.7 Å². The maximum Gasteiger partial charge on any atom is 0.317 e. The Bertz CT molecular complexity index is 776. The molecule has 3 rings (SSSR count). The van der Waals surface area contributed by atoms with Crippen molar-refractivity contribution in [1.29, 1.82) is 0 Å². The standard InChI is InChI=1S/C18H23ClN4O4/c1-23(11-18(12-24)6-8-26-9-7-18)17(25)20-10-15-21-16(22-27-15)13-4-2-3-5-14(13)19/h2-5,24H,6-12H2,1H3,(H,20,25). The summed E-state index contributed by atoms with van der Waals surface area (Å²) in [6.45, 7) is 1.79. The number of ether oxygens (including phenoxy) is 1. The first-order chi connectivity index (χ1) is 13.0. The van der Waals surface area contributed by atoms with Crippen LogP contribution in [0.3, 0.4) is 0 Å². The van der Waals surface area contributed by atoms with E-state index in [1.54, 1.807) is 24.1 Å². The Labute approximate surface area is 162 Å². The van der Waals surface area contributed by atoms with Crippen LogP contribution >= 0.6 is 11.6 Å². The molecule has 2 aromatic rings. The van der Waals surface area contributed by atoms with Gasteiger partial charge in [0.15, 0.2) is 0 Å². The number of nitrogens with zero attached hydrogens (tertiary/aromatic N) is 3. The molecular weight excluding hydrogens is 372 g/mol. The van der Waals surface area contributed by atoms with Crippen LogP contribution in [-0.4, -0.2) is 59.6 Å². The first-order valence-corrected chi connectivity index (χ1v) is 9.16. The third kappa shape index (κ3) is 4.77. The summed E-state index contributed by atoms with van der Waals surface area (Å²) in [6, 6.07) is 6.93. The molecule has 2 amide bonds. The van der Waals surface area contributed by atoms with Gasteiger partial charge in [-0.3, -0.25) is 0 Å². The Balaban J connectivity index is 1.55. The van der Waals surface area contributed by atoms with Gasteiger partial charge in [-0.05, 0) is 25.0 Å². The van der Waals surface area contributed by atoms with E-state index in [0.29, 0.717) is 36.2 Å². The number of benzene rings is 1. The summed E-state index contributed by atoms with van der Waals surface area (Å²) in [5.74, 6) is 0.661. The molecule has 1 saturated heterocycles. The van der Waals surface area contributed by atoms with Crippen LogP contribution in [0.5, 0.6) is 0 Å². The van der Waals surface area contributed by atoms with E-state index in [4.69, 9.17) is 20.9 Å². The fraction of sp³-hybridized carbons (Fsp3) is 0.500. The molecule has 0 spiro atoms. The van der Waals surface area contributed by atoms with Crippen LogP contribution in [0.2, 0.25) is 5.02 Å². The van der Waals surface area contributed by atoms with Crippen molar-refractivity contribution in [2.24, 2.45) is 5.41 Å². The van der Waals surface area contributed by atoms with Crippen molar-refractivity contribution in [2.45, 2.75) is 19.4 Å². The molecule has 1 aliphatic rings. The minimum Gasteiger partial charge on any atom is -0.396 e. The molecule has 0 atom stereocenters. The Kier molecular flexibility index (Phi) is 6.30. The zero-order valence-electron chi connectivity index (χ0n) is 15.2. The monoisotopic (exact) mass is 394 g/mol. The third-order valence-corrected chi connectivity index (χ3v) is 5.11. The molecule has 0 bridgehead atoms. The highest BCUT2D eigenvalue weighted by molar-refractivity contribution is 6.33. The average Bonchev–Trinajstić information content (AvgIpc) is 3.16. The number of carbonyl (C=O) groups excluding carboxylic acids is 1. The summed E-state index contributed by atoms with van der Waals surface area (Å²) < 4.78 is 10.5. The van der Waals surface area contributed by atoms with Crippen LogP contribution in [-0.2, 0) is 11.3 Å². The molecule has 1 aromatic heterocycles. The van der Waals surface area contributed by atoms with Crippen LogP contribution in [0, 0.1) is 5.41 Å². The van der Waals surface area contributed by atoms with E-state index in [-0.39, 0.29) is 30.5 Å². The van der Waals surface area contributed by atoms with Gasteiger partial charge in [-0.1, -0.05) is 28.9 Å². The quantitative estimate of drug-likeness (QED) is 0.779. The predicted molar refractivity (Wildman–Crippen MR) is 99.2 cm³/mol. The molecule has 0 saturated carbocycles. The summed E-state index contributed by atoms with van der Waals surface area (Å²) in [7, 11) is 1.70. The number of aromatic nitrogens is 2. The van der Waals surface area contributed by atoms with Crippen molar-refractivity contribution in [3.8, 4) is 11.4 Å². The number of hydrogen-bond acceptors (Lipinski definition) is 6. The molecule has 1 aliphatic heterocycles. The van der Waals surface area contributed by atoms with E-state index in [2.05, 4.69) is 15.5 Å². The summed E-state index contributed by atoms with van der Waals surface area (Å²) in [4.78, 5) is 18.2. The minimum absolute atomic E-state index is 0.0266. The summed E-state index contributed by atoms with van der Waals surface area (Å²) in [5, 5.41) is 16.9. The van der Waals surface area contributed by atoms with Gasteiger partial charge in [0.05, 0.1) is 18.2 Å². The lowest BCUT2D eigenvalue weighted by Crippen LogP contribution is -2.47. The molecular formula is C18H23ClN4O4. The van der Waals surface area contributed by atoms with Gasteiger partial charge in [-0.25, -0.2) is 4.79 Å². The van der Waals surface area contributed by atoms with Crippen molar-refractivity contribution in [2.75, 3.05) is 33.4 Å². The largest absolute Gasteiger partial charge is 0.396 e. The normalized spacial score (nSPS) is 16.1. The molecule has 1 fully saturated rings. The van der Waals surface area contributed by atoms with E-state index in [0.717, 1.165) is 12.8 Å². The third-order valence-electron chi connectivity index (χ3n) is 4.78. The zero-order chi connectivity index (χ0) is 19.3. The minimum atomic E-state index is -0.313. The van der Waals surface area contributed by atoms with Gasteiger partial charge in [0.1, 0.15) is 0 Å². The molecule has 0 radical (unpaired) electrons. The van der Waals surface area contributed by atoms with Crippen molar-refractivity contribution in [3.63, 3.8) is 0 Å². The van der Waals surface area contributed by atoms with Gasteiger partial charge in [0.2, 0.25) is 11.7 Å². The molecule has 8 nitrogen and oxygen atoms in total. The highest BCUT2D eigenvalue weighted by Gasteiger charge is 2.34. The maximum atomic E-state index is 12.4. The van der Waals surface area contributed by atoms with Crippen molar-refractivity contribution >= 4 is 17.6 Å². The molecule has 27 heavy (non-hydrogen) atoms. The lowest BCUT2D eigenvalue weighted by atomic mass is 9.80. The second kappa shape index (κ2) is 8.69. The maximum absolute atomic E-state index is 12.4. The fourth-order valence-electron chi connectivity index (χ4n) is 3.11. The lowest BCUT2D eigenvalue weighted by Gasteiger charge is -2.38. The number of halogens is 1. The predicted octanol–water partition coefficient (Wildman–Crippen LogP) is 2.32.